The largest absolute Gasteiger partial charge is 0.491 e. The van der Waals surface area contributed by atoms with Gasteiger partial charge in [0.2, 0.25) is 5.91 Å². The Balaban J connectivity index is 1.86. The van der Waals surface area contributed by atoms with Gasteiger partial charge in [-0.15, -0.1) is 0 Å². The summed E-state index contributed by atoms with van der Waals surface area (Å²) in [5.41, 5.74) is 1.40. The molecular weight excluding hydrogens is 335 g/mol. The highest BCUT2D eigenvalue weighted by atomic mass is 35.5. The van der Waals surface area contributed by atoms with Crippen LogP contribution >= 0.6 is 23.2 Å². The molecule has 1 amide bonds. The summed E-state index contributed by atoms with van der Waals surface area (Å²) >= 11 is 11.8. The van der Waals surface area contributed by atoms with Crippen molar-refractivity contribution in [2.45, 2.75) is 20.0 Å². The van der Waals surface area contributed by atoms with Crippen LogP contribution < -0.4 is 15.4 Å². The van der Waals surface area contributed by atoms with Crippen LogP contribution in [-0.2, 0) is 4.79 Å². The van der Waals surface area contributed by atoms with Crippen molar-refractivity contribution in [3.63, 3.8) is 0 Å². The quantitative estimate of drug-likeness (QED) is 0.782. The molecule has 0 aliphatic heterocycles. The minimum atomic E-state index is -0.189. The normalized spacial score (nSPS) is 10.5. The van der Waals surface area contributed by atoms with E-state index in [1.54, 1.807) is 18.2 Å². The summed E-state index contributed by atoms with van der Waals surface area (Å²) in [6.45, 7) is 4.08. The van der Waals surface area contributed by atoms with Crippen molar-refractivity contribution in [3.8, 4) is 5.75 Å². The van der Waals surface area contributed by atoms with Crippen LogP contribution in [0, 0.1) is 0 Å². The van der Waals surface area contributed by atoms with E-state index in [-0.39, 0.29) is 18.6 Å². The van der Waals surface area contributed by atoms with Crippen LogP contribution in [-0.4, -0.2) is 18.6 Å². The fraction of sp³-hybridized carbons (Fsp3) is 0.235. The van der Waals surface area contributed by atoms with E-state index in [1.807, 2.05) is 38.1 Å². The molecule has 4 nitrogen and oxygen atoms in total. The molecule has 0 saturated carbocycles. The second-order valence-electron chi connectivity index (χ2n) is 5.25. The standard InChI is InChI=1S/C17H18Cl2N2O2/c1-11(2)23-16-5-3-14(4-6-16)20-10-17(22)21-15-8-12(18)7-13(19)9-15/h3-9,11,20H,10H2,1-2H3,(H,21,22). The zero-order valence-corrected chi connectivity index (χ0v) is 14.4. The summed E-state index contributed by atoms with van der Waals surface area (Å²) < 4.78 is 5.56. The average molecular weight is 353 g/mol. The minimum absolute atomic E-state index is 0.129. The van der Waals surface area contributed by atoms with Crippen LogP contribution in [0.15, 0.2) is 42.5 Å². The molecule has 0 fully saturated rings. The maximum Gasteiger partial charge on any atom is 0.243 e. The molecule has 0 unspecified atom stereocenters. The number of halogens is 2. The predicted molar refractivity (Wildman–Crippen MR) is 95.8 cm³/mol. The average Bonchev–Trinajstić information content (AvgIpc) is 2.45. The lowest BCUT2D eigenvalue weighted by molar-refractivity contribution is -0.114. The second kappa shape index (κ2) is 8.09. The highest BCUT2D eigenvalue weighted by molar-refractivity contribution is 6.35. The molecule has 0 aliphatic rings. The summed E-state index contributed by atoms with van der Waals surface area (Å²) in [5.74, 6) is 0.606. The van der Waals surface area contributed by atoms with E-state index >= 15 is 0 Å². The third-order valence-corrected chi connectivity index (χ3v) is 3.26. The molecule has 0 radical (unpaired) electrons. The first kappa shape index (κ1) is 17.4. The Bertz CT molecular complexity index is 653. The number of anilines is 2. The van der Waals surface area contributed by atoms with Crippen LogP contribution in [0.25, 0.3) is 0 Å². The van der Waals surface area contributed by atoms with Gasteiger partial charge in [-0.05, 0) is 56.3 Å². The van der Waals surface area contributed by atoms with Crippen molar-refractivity contribution < 1.29 is 9.53 Å². The first-order chi connectivity index (χ1) is 10.9. The van der Waals surface area contributed by atoms with E-state index in [0.29, 0.717) is 15.7 Å². The van der Waals surface area contributed by atoms with Crippen molar-refractivity contribution in [1.29, 1.82) is 0 Å². The highest BCUT2D eigenvalue weighted by Gasteiger charge is 2.05. The SMILES string of the molecule is CC(C)Oc1ccc(NCC(=O)Nc2cc(Cl)cc(Cl)c2)cc1. The van der Waals surface area contributed by atoms with Gasteiger partial charge < -0.3 is 15.4 Å². The lowest BCUT2D eigenvalue weighted by atomic mass is 10.3. The van der Waals surface area contributed by atoms with E-state index in [0.717, 1.165) is 11.4 Å². The molecule has 0 saturated heterocycles. The van der Waals surface area contributed by atoms with Gasteiger partial charge in [-0.3, -0.25) is 4.79 Å². The molecule has 0 heterocycles. The van der Waals surface area contributed by atoms with Crippen molar-refractivity contribution in [2.24, 2.45) is 0 Å². The topological polar surface area (TPSA) is 50.4 Å². The lowest BCUT2D eigenvalue weighted by Crippen LogP contribution is -2.21. The molecule has 0 atom stereocenters. The second-order valence-corrected chi connectivity index (χ2v) is 6.12. The molecule has 0 spiro atoms. The van der Waals surface area contributed by atoms with Gasteiger partial charge in [0.25, 0.3) is 0 Å². The number of hydrogen-bond acceptors (Lipinski definition) is 3. The third-order valence-electron chi connectivity index (χ3n) is 2.83. The molecule has 0 aliphatic carbocycles. The summed E-state index contributed by atoms with van der Waals surface area (Å²) in [5, 5.41) is 6.72. The van der Waals surface area contributed by atoms with Crippen molar-refractivity contribution in [1.82, 2.24) is 0 Å². The highest BCUT2D eigenvalue weighted by Crippen LogP contribution is 2.22. The Morgan fingerprint density at radius 3 is 2.22 bits per heavy atom. The van der Waals surface area contributed by atoms with E-state index in [2.05, 4.69) is 10.6 Å². The summed E-state index contributed by atoms with van der Waals surface area (Å²) in [7, 11) is 0. The van der Waals surface area contributed by atoms with Crippen LogP contribution in [0.5, 0.6) is 5.75 Å². The van der Waals surface area contributed by atoms with Gasteiger partial charge in [0, 0.05) is 21.4 Å². The molecule has 0 aromatic heterocycles. The summed E-state index contributed by atoms with van der Waals surface area (Å²) in [6, 6.07) is 12.3. The molecule has 2 rings (SSSR count). The monoisotopic (exact) mass is 352 g/mol. The zero-order valence-electron chi connectivity index (χ0n) is 12.9. The number of amides is 1. The Labute approximate surface area is 145 Å². The van der Waals surface area contributed by atoms with Gasteiger partial charge in [-0.1, -0.05) is 23.2 Å². The van der Waals surface area contributed by atoms with Gasteiger partial charge in [-0.25, -0.2) is 0 Å². The predicted octanol–water partition coefficient (Wildman–Crippen LogP) is 4.83. The van der Waals surface area contributed by atoms with Crippen molar-refractivity contribution in [3.05, 3.63) is 52.5 Å². The molecule has 23 heavy (non-hydrogen) atoms. The number of carbonyl (C=O) groups excluding carboxylic acids is 1. The molecule has 2 aromatic carbocycles. The van der Waals surface area contributed by atoms with Crippen molar-refractivity contribution in [2.75, 3.05) is 17.2 Å². The number of nitrogens with one attached hydrogen (secondary N) is 2. The van der Waals surface area contributed by atoms with Gasteiger partial charge in [0.05, 0.1) is 12.6 Å². The van der Waals surface area contributed by atoms with Gasteiger partial charge in [0.15, 0.2) is 0 Å². The first-order valence-corrected chi connectivity index (χ1v) is 7.94. The molecule has 122 valence electrons. The number of hydrogen-bond donors (Lipinski definition) is 2. The summed E-state index contributed by atoms with van der Waals surface area (Å²) in [6.07, 6.45) is 0.129. The van der Waals surface area contributed by atoms with Gasteiger partial charge in [0.1, 0.15) is 5.75 Å². The van der Waals surface area contributed by atoms with Crippen LogP contribution in [0.3, 0.4) is 0 Å². The molecule has 2 aromatic rings. The van der Waals surface area contributed by atoms with Gasteiger partial charge >= 0.3 is 0 Å². The molecule has 6 heteroatoms. The minimum Gasteiger partial charge on any atom is -0.491 e. The number of ether oxygens (including phenoxy) is 1. The smallest absolute Gasteiger partial charge is 0.243 e. The van der Waals surface area contributed by atoms with Crippen LogP contribution in [0.1, 0.15) is 13.8 Å². The fourth-order valence-corrected chi connectivity index (χ4v) is 2.46. The van der Waals surface area contributed by atoms with E-state index in [9.17, 15) is 4.79 Å². The van der Waals surface area contributed by atoms with E-state index in [1.165, 1.54) is 0 Å². The van der Waals surface area contributed by atoms with Gasteiger partial charge in [-0.2, -0.15) is 0 Å². The Hall–Kier alpha value is -1.91. The maximum atomic E-state index is 11.9. The number of benzene rings is 2. The molecule has 0 bridgehead atoms. The number of rotatable bonds is 6. The Morgan fingerprint density at radius 1 is 1.04 bits per heavy atom. The fourth-order valence-electron chi connectivity index (χ4n) is 1.94. The third kappa shape index (κ3) is 6.00. The molecule has 2 N–H and O–H groups in total. The van der Waals surface area contributed by atoms with E-state index in [4.69, 9.17) is 27.9 Å². The van der Waals surface area contributed by atoms with Crippen LogP contribution in [0.2, 0.25) is 10.0 Å². The Morgan fingerprint density at radius 2 is 1.65 bits per heavy atom. The summed E-state index contributed by atoms with van der Waals surface area (Å²) in [4.78, 5) is 11.9. The lowest BCUT2D eigenvalue weighted by Gasteiger charge is -2.11. The number of carbonyl (C=O) groups is 1. The maximum absolute atomic E-state index is 11.9. The Kier molecular flexibility index (Phi) is 6.13. The van der Waals surface area contributed by atoms with Crippen LogP contribution in [0.4, 0.5) is 11.4 Å². The van der Waals surface area contributed by atoms with E-state index < -0.39 is 0 Å². The van der Waals surface area contributed by atoms with Crippen molar-refractivity contribution >= 4 is 40.5 Å². The zero-order chi connectivity index (χ0) is 16.8. The molecular formula is C17H18Cl2N2O2. The first-order valence-electron chi connectivity index (χ1n) is 7.19.